The molecule has 0 saturated carbocycles. The van der Waals surface area contributed by atoms with Gasteiger partial charge in [-0.3, -0.25) is 15.1 Å². The lowest BCUT2D eigenvalue weighted by atomic mass is 10.2. The van der Waals surface area contributed by atoms with E-state index in [1.807, 2.05) is 0 Å². The first kappa shape index (κ1) is 17.5. The van der Waals surface area contributed by atoms with Crippen molar-refractivity contribution in [2.75, 3.05) is 11.6 Å². The lowest BCUT2D eigenvalue weighted by Crippen LogP contribution is -2.05. The molecule has 3 rings (SSSR count). The highest BCUT2D eigenvalue weighted by Gasteiger charge is 2.19. The average Bonchev–Trinajstić information content (AvgIpc) is 3.08. The molecule has 0 saturated heterocycles. The van der Waals surface area contributed by atoms with Crippen molar-refractivity contribution in [2.45, 2.75) is 11.4 Å². The number of nitrogens with one attached hydrogen (secondary N) is 1. The third kappa shape index (κ3) is 3.83. The molecular weight excluding hydrogens is 362 g/mol. The van der Waals surface area contributed by atoms with Gasteiger partial charge in [-0.1, -0.05) is 5.16 Å². The summed E-state index contributed by atoms with van der Waals surface area (Å²) in [5, 5.41) is 17.9. The standard InChI is InChI=1S/C15H13N5O5S/c1-26(23,24)11-2-3-12(13(8-11)20(21)22)17-9-14-18-15(19-25-14)10-4-6-16-7-5-10/h2-8,17H,9H2,1H3. The van der Waals surface area contributed by atoms with Gasteiger partial charge in [0.1, 0.15) is 5.69 Å². The summed E-state index contributed by atoms with van der Waals surface area (Å²) in [6.45, 7) is 0.0388. The van der Waals surface area contributed by atoms with Crippen LogP contribution in [0.1, 0.15) is 5.89 Å². The van der Waals surface area contributed by atoms with Crippen LogP contribution in [0, 0.1) is 10.1 Å². The number of nitro groups is 1. The topological polar surface area (TPSA) is 141 Å². The third-order valence-corrected chi connectivity index (χ3v) is 4.54. The zero-order valence-corrected chi connectivity index (χ0v) is 14.3. The largest absolute Gasteiger partial charge is 0.371 e. The lowest BCUT2D eigenvalue weighted by Gasteiger charge is -2.06. The van der Waals surface area contributed by atoms with Crippen LogP contribution in [-0.4, -0.2) is 34.7 Å². The summed E-state index contributed by atoms with van der Waals surface area (Å²) >= 11 is 0. The summed E-state index contributed by atoms with van der Waals surface area (Å²) in [7, 11) is -3.55. The fourth-order valence-corrected chi connectivity index (χ4v) is 2.80. The van der Waals surface area contributed by atoms with Crippen LogP contribution in [0.5, 0.6) is 0 Å². The molecule has 3 aromatic rings. The normalized spacial score (nSPS) is 11.3. The Balaban J connectivity index is 1.80. The quantitative estimate of drug-likeness (QED) is 0.506. The smallest absolute Gasteiger partial charge is 0.293 e. The lowest BCUT2D eigenvalue weighted by molar-refractivity contribution is -0.384. The van der Waals surface area contributed by atoms with Gasteiger partial charge < -0.3 is 9.84 Å². The van der Waals surface area contributed by atoms with Crippen LogP contribution in [0.15, 0.2) is 52.1 Å². The number of nitrogens with zero attached hydrogens (tertiary/aromatic N) is 4. The van der Waals surface area contributed by atoms with E-state index >= 15 is 0 Å². The predicted octanol–water partition coefficient (Wildman–Crippen LogP) is 2.06. The SMILES string of the molecule is CS(=O)(=O)c1ccc(NCc2nc(-c3ccncc3)no2)c([N+](=O)[O-])c1. The van der Waals surface area contributed by atoms with Gasteiger partial charge in [0, 0.05) is 30.3 Å². The van der Waals surface area contributed by atoms with Gasteiger partial charge in [0.25, 0.3) is 5.69 Å². The van der Waals surface area contributed by atoms with Gasteiger partial charge >= 0.3 is 0 Å². The minimum absolute atomic E-state index is 0.0388. The number of aromatic nitrogens is 3. The van der Waals surface area contributed by atoms with Crippen molar-refractivity contribution in [3.05, 3.63) is 58.7 Å². The molecule has 10 nitrogen and oxygen atoms in total. The molecule has 1 aromatic carbocycles. The number of rotatable bonds is 6. The predicted molar refractivity (Wildman–Crippen MR) is 91.1 cm³/mol. The van der Waals surface area contributed by atoms with E-state index < -0.39 is 14.8 Å². The summed E-state index contributed by atoms with van der Waals surface area (Å²) in [6.07, 6.45) is 4.17. The Labute approximate surface area is 148 Å². The molecule has 0 aliphatic carbocycles. The first-order valence-electron chi connectivity index (χ1n) is 7.30. The summed E-state index contributed by atoms with van der Waals surface area (Å²) in [4.78, 5) is 18.5. The van der Waals surface area contributed by atoms with E-state index in [1.165, 1.54) is 12.1 Å². The Kier molecular flexibility index (Phi) is 4.63. The first-order valence-corrected chi connectivity index (χ1v) is 9.19. The first-order chi connectivity index (χ1) is 12.3. The highest BCUT2D eigenvalue weighted by Crippen LogP contribution is 2.28. The van der Waals surface area contributed by atoms with Crippen molar-refractivity contribution in [1.82, 2.24) is 15.1 Å². The molecule has 11 heteroatoms. The minimum atomic E-state index is -3.55. The van der Waals surface area contributed by atoms with Crippen LogP contribution in [0.25, 0.3) is 11.4 Å². The van der Waals surface area contributed by atoms with E-state index in [0.29, 0.717) is 5.82 Å². The van der Waals surface area contributed by atoms with Gasteiger partial charge in [-0.2, -0.15) is 4.98 Å². The molecule has 0 unspecified atom stereocenters. The van der Waals surface area contributed by atoms with Gasteiger partial charge in [0.15, 0.2) is 9.84 Å². The van der Waals surface area contributed by atoms with Crippen LogP contribution in [-0.2, 0) is 16.4 Å². The van der Waals surface area contributed by atoms with Gasteiger partial charge in [0.05, 0.1) is 16.4 Å². The molecular formula is C15H13N5O5S. The maximum atomic E-state index is 11.6. The Morgan fingerprint density at radius 3 is 2.62 bits per heavy atom. The van der Waals surface area contributed by atoms with Crippen LogP contribution in [0.2, 0.25) is 0 Å². The van der Waals surface area contributed by atoms with E-state index in [4.69, 9.17) is 4.52 Å². The van der Waals surface area contributed by atoms with Crippen molar-refractivity contribution >= 4 is 21.2 Å². The number of hydrogen-bond donors (Lipinski definition) is 1. The van der Waals surface area contributed by atoms with E-state index in [2.05, 4.69) is 20.4 Å². The fourth-order valence-electron chi connectivity index (χ4n) is 2.16. The fraction of sp³-hybridized carbons (Fsp3) is 0.133. The van der Waals surface area contributed by atoms with Crippen LogP contribution in [0.3, 0.4) is 0 Å². The number of anilines is 1. The molecule has 0 bridgehead atoms. The van der Waals surface area contributed by atoms with Crippen molar-refractivity contribution in [2.24, 2.45) is 0 Å². The van der Waals surface area contributed by atoms with Crippen LogP contribution in [0.4, 0.5) is 11.4 Å². The monoisotopic (exact) mass is 375 g/mol. The highest BCUT2D eigenvalue weighted by atomic mass is 32.2. The van der Waals surface area contributed by atoms with Crippen molar-refractivity contribution in [3.63, 3.8) is 0 Å². The average molecular weight is 375 g/mol. The molecule has 0 aliphatic heterocycles. The molecule has 26 heavy (non-hydrogen) atoms. The molecule has 0 spiro atoms. The zero-order chi connectivity index (χ0) is 18.7. The van der Waals surface area contributed by atoms with Gasteiger partial charge in [0.2, 0.25) is 11.7 Å². The summed E-state index contributed by atoms with van der Waals surface area (Å²) in [5.41, 5.74) is 0.506. The van der Waals surface area contributed by atoms with Gasteiger partial charge in [-0.15, -0.1) is 0 Å². The Morgan fingerprint density at radius 2 is 1.96 bits per heavy atom. The molecule has 0 aliphatic rings. The maximum Gasteiger partial charge on any atom is 0.293 e. The van der Waals surface area contributed by atoms with Gasteiger partial charge in [-0.05, 0) is 24.3 Å². The summed E-state index contributed by atoms with van der Waals surface area (Å²) < 4.78 is 28.2. The van der Waals surface area contributed by atoms with Crippen molar-refractivity contribution in [1.29, 1.82) is 0 Å². The molecule has 0 atom stereocenters. The number of sulfone groups is 1. The van der Waals surface area contributed by atoms with Gasteiger partial charge in [-0.25, -0.2) is 8.42 Å². The Morgan fingerprint density at radius 1 is 1.23 bits per heavy atom. The maximum absolute atomic E-state index is 11.6. The molecule has 2 aromatic heterocycles. The second-order valence-electron chi connectivity index (χ2n) is 5.31. The molecule has 0 radical (unpaired) electrons. The molecule has 0 fully saturated rings. The van der Waals surface area contributed by atoms with E-state index in [0.717, 1.165) is 17.9 Å². The van der Waals surface area contributed by atoms with Crippen LogP contribution < -0.4 is 5.32 Å². The molecule has 1 N–H and O–H groups in total. The third-order valence-electron chi connectivity index (χ3n) is 3.43. The molecule has 134 valence electrons. The van der Waals surface area contributed by atoms with E-state index in [-0.39, 0.29) is 28.7 Å². The van der Waals surface area contributed by atoms with E-state index in [1.54, 1.807) is 24.5 Å². The number of nitro benzene ring substituents is 1. The van der Waals surface area contributed by atoms with E-state index in [9.17, 15) is 18.5 Å². The number of benzene rings is 1. The second-order valence-corrected chi connectivity index (χ2v) is 7.33. The second kappa shape index (κ2) is 6.88. The number of pyridine rings is 1. The highest BCUT2D eigenvalue weighted by molar-refractivity contribution is 7.90. The Bertz CT molecular complexity index is 1050. The summed E-state index contributed by atoms with van der Waals surface area (Å²) in [6, 6.07) is 7.07. The van der Waals surface area contributed by atoms with Crippen molar-refractivity contribution in [3.8, 4) is 11.4 Å². The van der Waals surface area contributed by atoms with Crippen molar-refractivity contribution < 1.29 is 17.9 Å². The van der Waals surface area contributed by atoms with Crippen LogP contribution >= 0.6 is 0 Å². The summed E-state index contributed by atoms with van der Waals surface area (Å²) in [5.74, 6) is 0.587. The number of hydrogen-bond acceptors (Lipinski definition) is 9. The zero-order valence-electron chi connectivity index (χ0n) is 13.5. The Hall–Kier alpha value is -3.34. The minimum Gasteiger partial charge on any atom is -0.371 e. The molecule has 0 amide bonds. The molecule has 2 heterocycles.